The van der Waals surface area contributed by atoms with E-state index in [1.54, 1.807) is 0 Å². The van der Waals surface area contributed by atoms with E-state index in [-0.39, 0.29) is 25.8 Å². The van der Waals surface area contributed by atoms with Crippen LogP contribution in [0.4, 0.5) is 0 Å². The zero-order chi connectivity index (χ0) is 17.9. The maximum atomic E-state index is 11.4. The fourth-order valence-corrected chi connectivity index (χ4v) is 3.66. The summed E-state index contributed by atoms with van der Waals surface area (Å²) >= 11 is -1.15. The van der Waals surface area contributed by atoms with E-state index in [0.29, 0.717) is 11.8 Å². The first kappa shape index (κ1) is 23.7. The minimum atomic E-state index is -1.15. The van der Waals surface area contributed by atoms with Crippen LogP contribution in [0.15, 0.2) is 0 Å². The molecule has 0 aromatic rings. The fraction of sp³-hybridized carbons (Fsp3) is 0.944. The zero-order valence-corrected chi connectivity index (χ0v) is 16.0. The van der Waals surface area contributed by atoms with Crippen LogP contribution in [0, 0.1) is 0 Å². The topological polar surface area (TPSA) is 83.8 Å². The van der Waals surface area contributed by atoms with Crippen molar-refractivity contribution in [2.75, 3.05) is 19.8 Å². The van der Waals surface area contributed by atoms with Gasteiger partial charge >= 0.3 is 116 Å². The van der Waals surface area contributed by atoms with E-state index >= 15 is 0 Å². The van der Waals surface area contributed by atoms with Crippen LogP contribution in [0.1, 0.15) is 77.0 Å². The van der Waals surface area contributed by atoms with Crippen molar-refractivity contribution in [1.82, 2.24) is 0 Å². The minimum absolute atomic E-state index is 0.0436. The number of aliphatic hydroxyl groups excluding tert-OH is 2. The van der Waals surface area contributed by atoms with Gasteiger partial charge in [-0.15, -0.1) is 0 Å². The Labute approximate surface area is 151 Å². The van der Waals surface area contributed by atoms with Crippen molar-refractivity contribution in [2.24, 2.45) is 0 Å². The molecule has 0 saturated carbocycles. The van der Waals surface area contributed by atoms with E-state index in [0.717, 1.165) is 31.0 Å². The third-order valence-corrected chi connectivity index (χ3v) is 5.56. The summed E-state index contributed by atoms with van der Waals surface area (Å²) in [6.07, 6.45) is 13.3. The van der Waals surface area contributed by atoms with Crippen LogP contribution in [0.25, 0.3) is 0 Å². The molecule has 0 rings (SSSR count). The van der Waals surface area contributed by atoms with Crippen molar-refractivity contribution in [3.8, 4) is 0 Å². The summed E-state index contributed by atoms with van der Waals surface area (Å²) < 4.78 is 16.2. The van der Waals surface area contributed by atoms with Crippen LogP contribution >= 0.6 is 0 Å². The summed E-state index contributed by atoms with van der Waals surface area (Å²) in [4.78, 5) is 11.2. The monoisotopic (exact) mass is 391 g/mol. The quantitative estimate of drug-likeness (QED) is 0.273. The molecule has 0 aliphatic carbocycles. The second-order valence-corrected chi connectivity index (χ2v) is 8.16. The van der Waals surface area contributed by atoms with Crippen LogP contribution < -0.4 is 0 Å². The third-order valence-electron chi connectivity index (χ3n) is 3.80. The normalized spacial score (nSPS) is 11.5. The zero-order valence-electron chi connectivity index (χ0n) is 15.0. The molecule has 0 fully saturated rings. The van der Waals surface area contributed by atoms with E-state index in [4.69, 9.17) is 14.9 Å². The number of unbranched alkanes of at least 4 members (excludes halogenated alkanes) is 10. The van der Waals surface area contributed by atoms with Crippen molar-refractivity contribution < 1.29 is 37.2 Å². The molecule has 2 N–H and O–H groups in total. The number of rotatable bonds is 18. The summed E-state index contributed by atoms with van der Waals surface area (Å²) in [6.45, 7) is 0.0528. The van der Waals surface area contributed by atoms with Gasteiger partial charge in [-0.05, 0) is 0 Å². The van der Waals surface area contributed by atoms with Crippen molar-refractivity contribution in [3.63, 3.8) is 0 Å². The Kier molecular flexibility index (Phi) is 18.8. The van der Waals surface area contributed by atoms with Gasteiger partial charge in [0.2, 0.25) is 0 Å². The first-order valence-electron chi connectivity index (χ1n) is 9.29. The summed E-state index contributed by atoms with van der Waals surface area (Å²) in [5.41, 5.74) is 0. The second kappa shape index (κ2) is 19.0. The molecule has 0 unspecified atom stereocenters. The number of hydrogen-bond donors (Lipinski definition) is 2. The summed E-state index contributed by atoms with van der Waals surface area (Å²) in [5, 5.41) is 18.4. The maximum absolute atomic E-state index is 11.4. The van der Waals surface area contributed by atoms with E-state index < -0.39 is 13.6 Å². The standard InChI is InChI=1S/C16H31O3.C2H5O.Co.O/c1-2-3-4-5-6-7-8-9-10-11-12-13-16(18)19-15-14-17;1-2-3;;/h17H,1-15H2;3H,1-2H2;;. The SMILES string of the molecule is O=C(CCCCCCCCCCCC[CH2][Co](=[O])[CH2]CO)OCCO. The van der Waals surface area contributed by atoms with E-state index in [9.17, 15) is 8.66 Å². The van der Waals surface area contributed by atoms with Crippen molar-refractivity contribution in [2.45, 2.75) is 87.8 Å². The average Bonchev–Trinajstić information content (AvgIpc) is 2.57. The molecule has 0 aliphatic rings. The number of carbonyl (C=O) groups is 1. The molecule has 6 heteroatoms. The Morgan fingerprint density at radius 2 is 1.21 bits per heavy atom. The first-order valence-corrected chi connectivity index (χ1v) is 11.2. The molecule has 0 spiro atoms. The molecule has 0 radical (unpaired) electrons. The van der Waals surface area contributed by atoms with E-state index in [2.05, 4.69) is 0 Å². The van der Waals surface area contributed by atoms with Gasteiger partial charge in [-0.1, -0.05) is 0 Å². The molecule has 0 aromatic heterocycles. The fourth-order valence-electron chi connectivity index (χ4n) is 2.47. The molecular formula is C18H36CoO5. The number of carbonyl (C=O) groups excluding carboxylic acids is 1. The van der Waals surface area contributed by atoms with Crippen LogP contribution in [0.2, 0.25) is 10.7 Å². The molecule has 5 nitrogen and oxygen atoms in total. The number of hydrogen-bond acceptors (Lipinski definition) is 5. The Balaban J connectivity index is 3.12. The molecule has 24 heavy (non-hydrogen) atoms. The van der Waals surface area contributed by atoms with Crippen molar-refractivity contribution >= 4 is 5.97 Å². The van der Waals surface area contributed by atoms with Gasteiger partial charge in [0, 0.05) is 6.42 Å². The summed E-state index contributed by atoms with van der Waals surface area (Å²) in [7, 11) is 0. The third kappa shape index (κ3) is 18.0. The predicted octanol–water partition coefficient (Wildman–Crippen LogP) is 4.00. The van der Waals surface area contributed by atoms with Gasteiger partial charge < -0.3 is 9.84 Å². The summed E-state index contributed by atoms with van der Waals surface area (Å²) in [5.74, 6) is -0.204. The second-order valence-electron chi connectivity index (χ2n) is 6.00. The Morgan fingerprint density at radius 3 is 1.71 bits per heavy atom. The van der Waals surface area contributed by atoms with Gasteiger partial charge in [-0.25, -0.2) is 0 Å². The van der Waals surface area contributed by atoms with Crippen molar-refractivity contribution in [3.05, 3.63) is 0 Å². The van der Waals surface area contributed by atoms with E-state index in [1.807, 2.05) is 0 Å². The van der Waals surface area contributed by atoms with Gasteiger partial charge in [0.25, 0.3) is 0 Å². The largest absolute Gasteiger partial charge is 0.463 e. The first-order chi connectivity index (χ1) is 11.7. The molecule has 0 aromatic carbocycles. The molecule has 147 valence electrons. The van der Waals surface area contributed by atoms with Crippen LogP contribution in [0.3, 0.4) is 0 Å². The summed E-state index contributed by atoms with van der Waals surface area (Å²) in [6, 6.07) is 0. The molecule has 0 aliphatic heterocycles. The van der Waals surface area contributed by atoms with Gasteiger partial charge in [0.05, 0.1) is 6.61 Å². The Bertz CT molecular complexity index is 310. The molecular weight excluding hydrogens is 355 g/mol. The van der Waals surface area contributed by atoms with Crippen LogP contribution in [0.5, 0.6) is 0 Å². The van der Waals surface area contributed by atoms with Gasteiger partial charge in [0.15, 0.2) is 0 Å². The van der Waals surface area contributed by atoms with Crippen LogP contribution in [-0.4, -0.2) is 36.0 Å². The van der Waals surface area contributed by atoms with Gasteiger partial charge in [-0.2, -0.15) is 0 Å². The number of aliphatic hydroxyl groups is 2. The molecule has 0 saturated heterocycles. The van der Waals surface area contributed by atoms with Gasteiger partial charge in [0.1, 0.15) is 6.61 Å². The van der Waals surface area contributed by atoms with Crippen LogP contribution in [-0.2, 0) is 27.0 Å². The average molecular weight is 391 g/mol. The molecule has 0 bridgehead atoms. The number of ether oxygens (including phenoxy) is 1. The smallest absolute Gasteiger partial charge is 0.114 e. The van der Waals surface area contributed by atoms with E-state index in [1.165, 1.54) is 44.9 Å². The minimum Gasteiger partial charge on any atom is -0.463 e. The predicted molar refractivity (Wildman–Crippen MR) is 90.8 cm³/mol. The molecule has 0 amide bonds. The molecule has 0 atom stereocenters. The Hall–Kier alpha value is -0.304. The molecule has 0 heterocycles. The number of esters is 1. The van der Waals surface area contributed by atoms with Gasteiger partial charge in [-0.3, -0.25) is 4.79 Å². The van der Waals surface area contributed by atoms with Crippen molar-refractivity contribution in [1.29, 1.82) is 0 Å². The Morgan fingerprint density at radius 1 is 0.708 bits per heavy atom. The maximum Gasteiger partial charge on any atom is 0.114 e.